The van der Waals surface area contributed by atoms with Crippen LogP contribution in [0.1, 0.15) is 13.8 Å². The van der Waals surface area contributed by atoms with Gasteiger partial charge in [-0.15, -0.1) is 0 Å². The highest BCUT2D eigenvalue weighted by molar-refractivity contribution is 7.98. The lowest BCUT2D eigenvalue weighted by Crippen LogP contribution is -2.10. The first kappa shape index (κ1) is 8.24. The van der Waals surface area contributed by atoms with Crippen LogP contribution >= 0.6 is 24.2 Å². The summed E-state index contributed by atoms with van der Waals surface area (Å²) in [5, 5.41) is 0. The predicted molar refractivity (Wildman–Crippen MR) is 44.2 cm³/mol. The van der Waals surface area contributed by atoms with Gasteiger partial charge in [-0.3, -0.25) is 0 Å². The molecule has 0 N–H and O–H groups in total. The minimum atomic E-state index is 1.00. The lowest BCUT2D eigenvalue weighted by Gasteiger charge is -2.12. The normalized spacial score (nSPS) is 8.75. The third-order valence-corrected chi connectivity index (χ3v) is 2.07. The summed E-state index contributed by atoms with van der Waals surface area (Å²) in [5.41, 5.74) is 1.69. The molecule has 0 aromatic heterocycles. The monoisotopic (exact) mass is 149 g/mol. The maximum Gasteiger partial charge on any atom is 0.0740 e. The molecule has 0 rings (SSSR count). The number of nitrogens with zero attached hydrogens (tertiary/aromatic N) is 1. The van der Waals surface area contributed by atoms with Crippen molar-refractivity contribution in [3.8, 4) is 0 Å². The zero-order valence-corrected chi connectivity index (χ0v) is 6.89. The minimum Gasteiger partial charge on any atom is -0.313 e. The SMILES string of the molecule is CCSN(C=S)CC. The van der Waals surface area contributed by atoms with Crippen molar-refractivity contribution in [3.63, 3.8) is 0 Å². The Morgan fingerprint density at radius 1 is 1.62 bits per heavy atom. The molecule has 0 spiro atoms. The van der Waals surface area contributed by atoms with Gasteiger partial charge in [0.2, 0.25) is 0 Å². The molecular formula is C5H11NS2. The van der Waals surface area contributed by atoms with Crippen molar-refractivity contribution in [2.24, 2.45) is 0 Å². The molecule has 0 atom stereocenters. The molecule has 0 aliphatic carbocycles. The second-order valence-corrected chi connectivity index (χ2v) is 2.77. The Balaban J connectivity index is 3.21. The molecule has 0 unspecified atom stereocenters. The highest BCUT2D eigenvalue weighted by Crippen LogP contribution is 2.04. The van der Waals surface area contributed by atoms with Crippen molar-refractivity contribution in [3.05, 3.63) is 0 Å². The van der Waals surface area contributed by atoms with E-state index in [-0.39, 0.29) is 0 Å². The van der Waals surface area contributed by atoms with Crippen LogP contribution < -0.4 is 0 Å². The van der Waals surface area contributed by atoms with Crippen LogP contribution in [0.25, 0.3) is 0 Å². The van der Waals surface area contributed by atoms with E-state index in [9.17, 15) is 0 Å². The van der Waals surface area contributed by atoms with Gasteiger partial charge in [0.25, 0.3) is 0 Å². The molecule has 0 saturated carbocycles. The molecule has 0 aromatic carbocycles. The smallest absolute Gasteiger partial charge is 0.0740 e. The van der Waals surface area contributed by atoms with E-state index in [4.69, 9.17) is 12.2 Å². The summed E-state index contributed by atoms with van der Waals surface area (Å²) >= 11 is 6.47. The van der Waals surface area contributed by atoms with Crippen LogP contribution in [0.4, 0.5) is 0 Å². The van der Waals surface area contributed by atoms with Gasteiger partial charge in [-0.05, 0) is 18.9 Å². The van der Waals surface area contributed by atoms with Crippen molar-refractivity contribution < 1.29 is 0 Å². The summed E-state index contributed by atoms with van der Waals surface area (Å²) in [6, 6.07) is 0. The highest BCUT2D eigenvalue weighted by atomic mass is 32.2. The third-order valence-electron chi connectivity index (χ3n) is 0.724. The predicted octanol–water partition coefficient (Wildman–Crippen LogP) is 1.93. The van der Waals surface area contributed by atoms with Gasteiger partial charge in [-0.1, -0.05) is 19.1 Å². The maximum atomic E-state index is 4.72. The minimum absolute atomic E-state index is 1.00. The molecule has 48 valence electrons. The lowest BCUT2D eigenvalue weighted by molar-refractivity contribution is 0.744. The fraction of sp³-hybridized carbons (Fsp3) is 0.800. The Hall–Kier alpha value is 0.240. The molecular weight excluding hydrogens is 138 g/mol. The summed E-state index contributed by atoms with van der Waals surface area (Å²) in [7, 11) is 0. The third kappa shape index (κ3) is 3.27. The van der Waals surface area contributed by atoms with Crippen molar-refractivity contribution in [2.75, 3.05) is 12.3 Å². The van der Waals surface area contributed by atoms with E-state index in [1.165, 1.54) is 0 Å². The lowest BCUT2D eigenvalue weighted by atomic mass is 10.8. The summed E-state index contributed by atoms with van der Waals surface area (Å²) in [4.78, 5) is 0. The van der Waals surface area contributed by atoms with E-state index >= 15 is 0 Å². The van der Waals surface area contributed by atoms with E-state index in [1.807, 2.05) is 4.31 Å². The van der Waals surface area contributed by atoms with Gasteiger partial charge >= 0.3 is 0 Å². The Labute approximate surface area is 60.6 Å². The van der Waals surface area contributed by atoms with Crippen LogP contribution in [0, 0.1) is 0 Å². The Morgan fingerprint density at radius 3 is 2.38 bits per heavy atom. The molecule has 0 amide bonds. The number of hydrogen-bond acceptors (Lipinski definition) is 2. The molecule has 0 radical (unpaired) electrons. The molecule has 0 aliphatic rings. The summed E-state index contributed by atoms with van der Waals surface area (Å²) in [6.45, 7) is 5.21. The zero-order valence-electron chi connectivity index (χ0n) is 5.26. The summed E-state index contributed by atoms with van der Waals surface area (Å²) < 4.78 is 2.04. The number of hydrogen-bond donors (Lipinski definition) is 0. The van der Waals surface area contributed by atoms with Crippen molar-refractivity contribution in [2.45, 2.75) is 13.8 Å². The van der Waals surface area contributed by atoms with Crippen LogP contribution in [0.5, 0.6) is 0 Å². The fourth-order valence-corrected chi connectivity index (χ4v) is 1.27. The van der Waals surface area contributed by atoms with Crippen LogP contribution in [0.15, 0.2) is 0 Å². The molecule has 1 nitrogen and oxygen atoms in total. The average molecular weight is 149 g/mol. The van der Waals surface area contributed by atoms with Gasteiger partial charge < -0.3 is 4.31 Å². The summed E-state index contributed by atoms with van der Waals surface area (Å²) in [6.07, 6.45) is 0. The van der Waals surface area contributed by atoms with E-state index in [1.54, 1.807) is 17.4 Å². The Kier molecular flexibility index (Phi) is 5.54. The van der Waals surface area contributed by atoms with Crippen LogP contribution in [0.3, 0.4) is 0 Å². The van der Waals surface area contributed by atoms with Crippen molar-refractivity contribution in [1.29, 1.82) is 0 Å². The van der Waals surface area contributed by atoms with E-state index in [0.717, 1.165) is 12.3 Å². The molecule has 0 aliphatic heterocycles. The van der Waals surface area contributed by atoms with Crippen LogP contribution in [-0.2, 0) is 0 Å². The van der Waals surface area contributed by atoms with E-state index in [0.29, 0.717) is 0 Å². The first-order chi connectivity index (χ1) is 3.85. The van der Waals surface area contributed by atoms with Gasteiger partial charge in [0.15, 0.2) is 0 Å². The quantitative estimate of drug-likeness (QED) is 0.444. The molecule has 0 heterocycles. The van der Waals surface area contributed by atoms with Crippen LogP contribution in [-0.4, -0.2) is 22.1 Å². The molecule has 3 heteroatoms. The molecule has 0 aromatic rings. The van der Waals surface area contributed by atoms with E-state index < -0.39 is 0 Å². The summed E-state index contributed by atoms with van der Waals surface area (Å²) in [5.74, 6) is 1.10. The topological polar surface area (TPSA) is 3.24 Å². The average Bonchev–Trinajstić information content (AvgIpc) is 1.83. The van der Waals surface area contributed by atoms with Gasteiger partial charge in [0.05, 0.1) is 5.49 Å². The zero-order chi connectivity index (χ0) is 6.41. The Bertz CT molecular complexity index is 65.4. The maximum absolute atomic E-state index is 4.72. The largest absolute Gasteiger partial charge is 0.313 e. The van der Waals surface area contributed by atoms with Gasteiger partial charge in [-0.2, -0.15) is 0 Å². The molecule has 0 bridgehead atoms. The second-order valence-electron chi connectivity index (χ2n) is 1.26. The second kappa shape index (κ2) is 5.38. The first-order valence-corrected chi connectivity index (χ1v) is 4.11. The highest BCUT2D eigenvalue weighted by Gasteiger charge is 1.90. The van der Waals surface area contributed by atoms with Gasteiger partial charge in [0.1, 0.15) is 0 Å². The van der Waals surface area contributed by atoms with E-state index in [2.05, 4.69) is 13.8 Å². The number of thiocarbonyl (C=S) groups is 1. The molecule has 0 fully saturated rings. The molecule has 0 saturated heterocycles. The first-order valence-electron chi connectivity index (χ1n) is 2.70. The Morgan fingerprint density at radius 2 is 2.25 bits per heavy atom. The number of rotatable bonds is 4. The van der Waals surface area contributed by atoms with Crippen LogP contribution in [0.2, 0.25) is 0 Å². The fourth-order valence-electron chi connectivity index (χ4n) is 0.362. The molecule has 8 heavy (non-hydrogen) atoms. The van der Waals surface area contributed by atoms with Crippen molar-refractivity contribution >= 4 is 29.7 Å². The standard InChI is InChI=1S/C5H11NS2/c1-3-6(5-7)8-4-2/h5H,3-4H2,1-2H3. The van der Waals surface area contributed by atoms with Gasteiger partial charge in [0, 0.05) is 12.3 Å². The van der Waals surface area contributed by atoms with Gasteiger partial charge in [-0.25, -0.2) is 0 Å². The van der Waals surface area contributed by atoms with Crippen molar-refractivity contribution in [1.82, 2.24) is 4.31 Å².